The molecule has 2 rings (SSSR count). The highest BCUT2D eigenvalue weighted by Crippen LogP contribution is 2.34. The number of rotatable bonds is 3. The minimum atomic E-state index is -4.64. The van der Waals surface area contributed by atoms with E-state index in [1.807, 2.05) is 0 Å². The van der Waals surface area contributed by atoms with Gasteiger partial charge in [-0.25, -0.2) is 0 Å². The first-order valence-corrected chi connectivity index (χ1v) is 7.53. The molecule has 0 saturated heterocycles. The third kappa shape index (κ3) is 4.53. The van der Waals surface area contributed by atoms with Crippen LogP contribution in [0.3, 0.4) is 0 Å². The second kappa shape index (κ2) is 7.60. The average Bonchev–Trinajstić information content (AvgIpc) is 2.55. The lowest BCUT2D eigenvalue weighted by molar-refractivity contribution is -0.136. The molecule has 0 aliphatic rings. The highest BCUT2D eigenvalue weighted by atomic mass is 35.5. The van der Waals surface area contributed by atoms with Crippen LogP contribution in [0.5, 0.6) is 0 Å². The molecule has 3 nitrogen and oxygen atoms in total. The van der Waals surface area contributed by atoms with E-state index in [-0.39, 0.29) is 10.0 Å². The summed E-state index contributed by atoms with van der Waals surface area (Å²) >= 11 is 11.8. The maximum Gasteiger partial charge on any atom is 0.418 e. The van der Waals surface area contributed by atoms with Crippen molar-refractivity contribution in [1.29, 1.82) is 5.26 Å². The molecule has 128 valence electrons. The monoisotopic (exact) mass is 384 g/mol. The topological polar surface area (TPSA) is 52.9 Å². The molecule has 0 spiro atoms. The Bertz CT molecular complexity index is 886. The van der Waals surface area contributed by atoms with Gasteiger partial charge >= 0.3 is 6.18 Å². The smallest absolute Gasteiger partial charge is 0.321 e. The summed E-state index contributed by atoms with van der Waals surface area (Å²) in [5, 5.41) is 11.6. The molecular weight excluding hydrogens is 376 g/mol. The van der Waals surface area contributed by atoms with Crippen molar-refractivity contribution in [3.8, 4) is 6.07 Å². The van der Waals surface area contributed by atoms with Crippen molar-refractivity contribution in [3.05, 3.63) is 69.2 Å². The number of para-hydroxylation sites is 1. The predicted octanol–water partition coefficient (Wildman–Crippen LogP) is 5.56. The Morgan fingerprint density at radius 2 is 1.80 bits per heavy atom. The Hall–Kier alpha value is -2.49. The Balaban J connectivity index is 2.36. The molecule has 0 atom stereocenters. The normalized spacial score (nSPS) is 11.8. The van der Waals surface area contributed by atoms with E-state index in [9.17, 15) is 18.0 Å². The van der Waals surface area contributed by atoms with Crippen LogP contribution in [0.15, 0.2) is 48.0 Å². The largest absolute Gasteiger partial charge is 0.418 e. The molecule has 8 heteroatoms. The number of alkyl halides is 3. The molecule has 25 heavy (non-hydrogen) atoms. The average molecular weight is 385 g/mol. The zero-order chi connectivity index (χ0) is 18.6. The number of nitrogens with zero attached hydrogens (tertiary/aromatic N) is 1. The highest BCUT2D eigenvalue weighted by molar-refractivity contribution is 6.43. The van der Waals surface area contributed by atoms with Crippen molar-refractivity contribution in [2.75, 3.05) is 5.32 Å². The van der Waals surface area contributed by atoms with E-state index < -0.39 is 28.9 Å². The van der Waals surface area contributed by atoms with Crippen molar-refractivity contribution in [2.24, 2.45) is 0 Å². The fraction of sp³-hybridized carbons (Fsp3) is 0.0588. The van der Waals surface area contributed by atoms with Gasteiger partial charge in [-0.3, -0.25) is 4.79 Å². The fourth-order valence-corrected chi connectivity index (χ4v) is 2.33. The lowest BCUT2D eigenvalue weighted by Crippen LogP contribution is -2.17. The van der Waals surface area contributed by atoms with E-state index >= 15 is 0 Å². The first-order chi connectivity index (χ1) is 11.7. The Morgan fingerprint density at radius 3 is 2.44 bits per heavy atom. The van der Waals surface area contributed by atoms with Crippen LogP contribution in [0.2, 0.25) is 10.0 Å². The molecule has 0 aromatic heterocycles. The van der Waals surface area contributed by atoms with E-state index in [1.165, 1.54) is 24.3 Å². The van der Waals surface area contributed by atoms with Crippen molar-refractivity contribution in [3.63, 3.8) is 0 Å². The number of carbonyl (C=O) groups is 1. The molecule has 0 unspecified atom stereocenters. The van der Waals surface area contributed by atoms with E-state index in [2.05, 4.69) is 5.32 Å². The Labute approximate surface area is 151 Å². The maximum atomic E-state index is 13.0. The van der Waals surface area contributed by atoms with Gasteiger partial charge in [-0.2, -0.15) is 18.4 Å². The van der Waals surface area contributed by atoms with Gasteiger partial charge in [-0.15, -0.1) is 0 Å². The summed E-state index contributed by atoms with van der Waals surface area (Å²) in [5.41, 5.74) is -1.58. The molecule has 2 aromatic carbocycles. The van der Waals surface area contributed by atoms with Gasteiger partial charge < -0.3 is 5.32 Å². The van der Waals surface area contributed by atoms with E-state index in [0.29, 0.717) is 5.56 Å². The van der Waals surface area contributed by atoms with Gasteiger partial charge in [0.05, 0.1) is 21.3 Å². The molecular formula is C17H9Cl2F3N2O. The second-order valence-corrected chi connectivity index (χ2v) is 5.60. The SMILES string of the molecule is N#CC(=Cc1cccc(Cl)c1Cl)C(=O)Nc1ccccc1C(F)(F)F. The highest BCUT2D eigenvalue weighted by Gasteiger charge is 2.33. The summed E-state index contributed by atoms with van der Waals surface area (Å²) in [5.74, 6) is -0.991. The number of nitriles is 1. The lowest BCUT2D eigenvalue weighted by Gasteiger charge is -2.13. The van der Waals surface area contributed by atoms with Gasteiger partial charge in [0.25, 0.3) is 5.91 Å². The fourth-order valence-electron chi connectivity index (χ4n) is 1.97. The van der Waals surface area contributed by atoms with E-state index in [0.717, 1.165) is 18.2 Å². The van der Waals surface area contributed by atoms with Crippen LogP contribution in [0.4, 0.5) is 18.9 Å². The van der Waals surface area contributed by atoms with E-state index in [1.54, 1.807) is 12.1 Å². The van der Waals surface area contributed by atoms with Crippen LogP contribution < -0.4 is 5.32 Å². The molecule has 1 amide bonds. The van der Waals surface area contributed by atoms with Crippen LogP contribution in [0, 0.1) is 11.3 Å². The van der Waals surface area contributed by atoms with Gasteiger partial charge in [0.1, 0.15) is 11.6 Å². The second-order valence-electron chi connectivity index (χ2n) is 4.81. The van der Waals surface area contributed by atoms with Gasteiger partial charge in [-0.05, 0) is 29.8 Å². The van der Waals surface area contributed by atoms with E-state index in [4.69, 9.17) is 28.5 Å². The summed E-state index contributed by atoms with van der Waals surface area (Å²) in [4.78, 5) is 12.2. The molecule has 0 aliphatic carbocycles. The van der Waals surface area contributed by atoms with Crippen molar-refractivity contribution in [2.45, 2.75) is 6.18 Å². The van der Waals surface area contributed by atoms with Crippen LogP contribution in [-0.2, 0) is 11.0 Å². The number of benzene rings is 2. The number of hydrogen-bond acceptors (Lipinski definition) is 2. The van der Waals surface area contributed by atoms with Crippen molar-refractivity contribution in [1.82, 2.24) is 0 Å². The van der Waals surface area contributed by atoms with Gasteiger partial charge in [0.15, 0.2) is 0 Å². The quantitative estimate of drug-likeness (QED) is 0.556. The van der Waals surface area contributed by atoms with Crippen molar-refractivity contribution < 1.29 is 18.0 Å². The van der Waals surface area contributed by atoms with Crippen LogP contribution in [0.25, 0.3) is 6.08 Å². The molecule has 0 aliphatic heterocycles. The Morgan fingerprint density at radius 1 is 1.12 bits per heavy atom. The van der Waals surface area contributed by atoms with Gasteiger partial charge in [0.2, 0.25) is 0 Å². The lowest BCUT2D eigenvalue weighted by atomic mass is 10.1. The number of hydrogen-bond donors (Lipinski definition) is 1. The van der Waals surface area contributed by atoms with Gasteiger partial charge in [-0.1, -0.05) is 47.5 Å². The minimum Gasteiger partial charge on any atom is -0.321 e. The molecule has 0 saturated carbocycles. The maximum absolute atomic E-state index is 13.0. The first-order valence-electron chi connectivity index (χ1n) is 6.77. The summed E-state index contributed by atoms with van der Waals surface area (Å²) in [7, 11) is 0. The summed E-state index contributed by atoms with van der Waals surface area (Å²) in [6, 6.07) is 10.7. The summed E-state index contributed by atoms with van der Waals surface area (Å²) in [6.07, 6.45) is -3.49. The minimum absolute atomic E-state index is 0.125. The number of amides is 1. The molecule has 0 bridgehead atoms. The first kappa shape index (κ1) is 18.8. The standard InChI is InChI=1S/C17H9Cl2F3N2O/c18-13-6-3-4-10(15(13)19)8-11(9-23)16(25)24-14-7-2-1-5-12(14)17(20,21)22/h1-8H,(H,24,25). The molecule has 0 heterocycles. The number of anilines is 1. The van der Waals surface area contributed by atoms with Crippen LogP contribution >= 0.6 is 23.2 Å². The third-order valence-corrected chi connectivity index (χ3v) is 3.96. The number of carbonyl (C=O) groups excluding carboxylic acids is 1. The molecule has 0 radical (unpaired) electrons. The molecule has 0 fully saturated rings. The molecule has 2 aromatic rings. The summed E-state index contributed by atoms with van der Waals surface area (Å²) < 4.78 is 38.9. The summed E-state index contributed by atoms with van der Waals surface area (Å²) in [6.45, 7) is 0. The number of nitrogens with one attached hydrogen (secondary N) is 1. The molecule has 1 N–H and O–H groups in total. The van der Waals surface area contributed by atoms with Crippen LogP contribution in [0.1, 0.15) is 11.1 Å². The van der Waals surface area contributed by atoms with Crippen molar-refractivity contribution >= 4 is 40.9 Å². The zero-order valence-corrected chi connectivity index (χ0v) is 13.9. The van der Waals surface area contributed by atoms with Crippen LogP contribution in [-0.4, -0.2) is 5.91 Å². The third-order valence-electron chi connectivity index (χ3n) is 3.13. The zero-order valence-electron chi connectivity index (χ0n) is 12.4. The van der Waals surface area contributed by atoms with Gasteiger partial charge in [0, 0.05) is 0 Å². The predicted molar refractivity (Wildman–Crippen MR) is 90.1 cm³/mol. The Kier molecular flexibility index (Phi) is 5.73. The number of halogens is 5.